The number of anilines is 1. The molecule has 1 fully saturated rings. The van der Waals surface area contributed by atoms with E-state index < -0.39 is 16.1 Å². The maximum absolute atomic E-state index is 12.9. The average molecular weight is 420 g/mol. The van der Waals surface area contributed by atoms with Gasteiger partial charge in [-0.05, 0) is 24.1 Å². The normalized spacial score (nSPS) is 16.9. The predicted octanol–water partition coefficient (Wildman–Crippen LogP) is 2.09. The molecule has 0 bridgehead atoms. The van der Waals surface area contributed by atoms with Crippen molar-refractivity contribution in [2.24, 2.45) is 0 Å². The third-order valence-corrected chi connectivity index (χ3v) is 6.60. The fourth-order valence-corrected chi connectivity index (χ4v) is 4.82. The molecular formula is C20H25N3O5S. The summed E-state index contributed by atoms with van der Waals surface area (Å²) < 4.78 is 38.9. The second-order valence-electron chi connectivity index (χ2n) is 6.63. The first-order chi connectivity index (χ1) is 13.9. The van der Waals surface area contributed by atoms with Crippen LogP contribution < -0.4 is 14.8 Å². The molecule has 3 rings (SSSR count). The Bertz CT molecular complexity index is 950. The zero-order valence-electron chi connectivity index (χ0n) is 16.5. The Morgan fingerprint density at radius 2 is 1.76 bits per heavy atom. The average Bonchev–Trinajstić information content (AvgIpc) is 2.72. The summed E-state index contributed by atoms with van der Waals surface area (Å²) in [5.41, 5.74) is 1.36. The maximum atomic E-state index is 12.9. The van der Waals surface area contributed by atoms with Crippen LogP contribution in [0.5, 0.6) is 11.5 Å². The number of amides is 1. The largest absolute Gasteiger partial charge is 0.497 e. The number of rotatable bonds is 7. The molecule has 0 saturated carbocycles. The Balaban J connectivity index is 1.68. The van der Waals surface area contributed by atoms with Gasteiger partial charge in [-0.1, -0.05) is 30.3 Å². The second kappa shape index (κ2) is 9.25. The molecule has 1 saturated heterocycles. The van der Waals surface area contributed by atoms with Gasteiger partial charge in [0, 0.05) is 25.7 Å². The minimum absolute atomic E-state index is 0.261. The summed E-state index contributed by atoms with van der Waals surface area (Å²) in [6.45, 7) is 0.763. The lowest BCUT2D eigenvalue weighted by atomic mass is 10.2. The zero-order chi connectivity index (χ0) is 20.9. The minimum Gasteiger partial charge on any atom is -0.497 e. The lowest BCUT2D eigenvalue weighted by molar-refractivity contribution is -0.116. The molecule has 156 valence electrons. The molecule has 2 aromatic rings. The molecule has 1 amide bonds. The number of carbonyl (C=O) groups excluding carboxylic acids is 1. The monoisotopic (exact) mass is 419 g/mol. The zero-order valence-corrected chi connectivity index (χ0v) is 17.3. The maximum Gasteiger partial charge on any atom is 0.282 e. The number of benzene rings is 2. The molecule has 0 radical (unpaired) electrons. The molecule has 0 spiro atoms. The van der Waals surface area contributed by atoms with Gasteiger partial charge >= 0.3 is 0 Å². The lowest BCUT2D eigenvalue weighted by Crippen LogP contribution is -2.51. The van der Waals surface area contributed by atoms with Gasteiger partial charge in [0.15, 0.2) is 0 Å². The van der Waals surface area contributed by atoms with E-state index in [1.165, 1.54) is 22.8 Å². The number of nitrogens with one attached hydrogen (secondary N) is 1. The van der Waals surface area contributed by atoms with Gasteiger partial charge in [0.05, 0.1) is 26.5 Å². The van der Waals surface area contributed by atoms with Crippen molar-refractivity contribution in [2.45, 2.75) is 13.0 Å². The molecule has 1 heterocycles. The van der Waals surface area contributed by atoms with Crippen molar-refractivity contribution in [1.82, 2.24) is 8.61 Å². The van der Waals surface area contributed by atoms with E-state index in [-0.39, 0.29) is 13.1 Å². The Hall–Kier alpha value is -2.62. The van der Waals surface area contributed by atoms with E-state index in [0.29, 0.717) is 36.7 Å². The molecule has 2 aromatic carbocycles. The van der Waals surface area contributed by atoms with Gasteiger partial charge < -0.3 is 14.8 Å². The predicted molar refractivity (Wildman–Crippen MR) is 110 cm³/mol. The summed E-state index contributed by atoms with van der Waals surface area (Å²) in [7, 11) is -0.697. The first-order valence-corrected chi connectivity index (χ1v) is 10.6. The highest BCUT2D eigenvalue weighted by Crippen LogP contribution is 2.29. The number of ether oxygens (including phenoxy) is 2. The summed E-state index contributed by atoms with van der Waals surface area (Å²) in [6.07, 6.45) is 0.658. The molecule has 1 aliphatic rings. The SMILES string of the molecule is COc1ccc(NC(=O)CN2CCCN(Cc3ccccc3)S2(=O)=O)c(OC)c1. The molecule has 8 nitrogen and oxygen atoms in total. The van der Waals surface area contributed by atoms with Crippen LogP contribution in [-0.2, 0) is 21.5 Å². The van der Waals surface area contributed by atoms with Crippen LogP contribution in [0.2, 0.25) is 0 Å². The highest BCUT2D eigenvalue weighted by atomic mass is 32.2. The Kier molecular flexibility index (Phi) is 6.73. The van der Waals surface area contributed by atoms with E-state index in [9.17, 15) is 13.2 Å². The van der Waals surface area contributed by atoms with Crippen LogP contribution in [-0.4, -0.2) is 56.8 Å². The summed E-state index contributed by atoms with van der Waals surface area (Å²) in [6, 6.07) is 14.4. The van der Waals surface area contributed by atoms with Gasteiger partial charge in [-0.15, -0.1) is 0 Å². The van der Waals surface area contributed by atoms with E-state index in [4.69, 9.17) is 9.47 Å². The first kappa shape index (κ1) is 21.1. The summed E-state index contributed by atoms with van der Waals surface area (Å²) >= 11 is 0. The van der Waals surface area contributed by atoms with Crippen molar-refractivity contribution < 1.29 is 22.7 Å². The molecular weight excluding hydrogens is 394 g/mol. The summed E-state index contributed by atoms with van der Waals surface area (Å²) in [5.74, 6) is 0.596. The van der Waals surface area contributed by atoms with Gasteiger partial charge in [0.1, 0.15) is 11.5 Å². The Morgan fingerprint density at radius 3 is 2.45 bits per heavy atom. The second-order valence-corrected chi connectivity index (χ2v) is 8.56. The fraction of sp³-hybridized carbons (Fsp3) is 0.350. The molecule has 1 N–H and O–H groups in total. The third kappa shape index (κ3) is 5.06. The van der Waals surface area contributed by atoms with Crippen LogP contribution in [0, 0.1) is 0 Å². The van der Waals surface area contributed by atoms with Crippen molar-refractivity contribution in [3.63, 3.8) is 0 Å². The molecule has 0 unspecified atom stereocenters. The summed E-state index contributed by atoms with van der Waals surface area (Å²) in [4.78, 5) is 12.5. The molecule has 0 aromatic heterocycles. The smallest absolute Gasteiger partial charge is 0.282 e. The van der Waals surface area contributed by atoms with E-state index in [2.05, 4.69) is 5.32 Å². The fourth-order valence-electron chi connectivity index (χ4n) is 3.18. The summed E-state index contributed by atoms with van der Waals surface area (Å²) in [5, 5.41) is 2.72. The highest BCUT2D eigenvalue weighted by Gasteiger charge is 2.34. The number of carbonyl (C=O) groups is 1. The van der Waals surface area contributed by atoms with Gasteiger partial charge in [-0.25, -0.2) is 0 Å². The standard InChI is InChI=1S/C20H25N3O5S/c1-27-17-9-10-18(19(13-17)28-2)21-20(24)15-23-12-6-11-22(29(23,25)26)14-16-7-4-3-5-8-16/h3-5,7-10,13H,6,11-12,14-15H2,1-2H3,(H,21,24). The van der Waals surface area contributed by atoms with Gasteiger partial charge in [0.25, 0.3) is 10.2 Å². The Morgan fingerprint density at radius 1 is 1.03 bits per heavy atom. The van der Waals surface area contributed by atoms with Crippen LogP contribution in [0.4, 0.5) is 5.69 Å². The minimum atomic E-state index is -3.72. The van der Waals surface area contributed by atoms with Crippen molar-refractivity contribution in [3.05, 3.63) is 54.1 Å². The van der Waals surface area contributed by atoms with E-state index in [1.54, 1.807) is 18.2 Å². The third-order valence-electron chi connectivity index (χ3n) is 4.67. The molecule has 9 heteroatoms. The number of nitrogens with zero attached hydrogens (tertiary/aromatic N) is 2. The highest BCUT2D eigenvalue weighted by molar-refractivity contribution is 7.86. The molecule has 29 heavy (non-hydrogen) atoms. The number of hydrogen-bond acceptors (Lipinski definition) is 5. The first-order valence-electron chi connectivity index (χ1n) is 9.25. The van der Waals surface area contributed by atoms with E-state index in [1.807, 2.05) is 30.3 Å². The number of methoxy groups -OCH3 is 2. The van der Waals surface area contributed by atoms with Crippen molar-refractivity contribution in [2.75, 3.05) is 39.2 Å². The molecule has 1 aliphatic heterocycles. The van der Waals surface area contributed by atoms with Crippen LogP contribution in [0.1, 0.15) is 12.0 Å². The number of hydrogen-bond donors (Lipinski definition) is 1. The van der Waals surface area contributed by atoms with Crippen molar-refractivity contribution in [3.8, 4) is 11.5 Å². The van der Waals surface area contributed by atoms with Crippen LogP contribution in [0.25, 0.3) is 0 Å². The van der Waals surface area contributed by atoms with E-state index >= 15 is 0 Å². The van der Waals surface area contributed by atoms with Crippen molar-refractivity contribution in [1.29, 1.82) is 0 Å². The topological polar surface area (TPSA) is 88.2 Å². The van der Waals surface area contributed by atoms with Crippen LogP contribution >= 0.6 is 0 Å². The van der Waals surface area contributed by atoms with Gasteiger partial charge in [0.2, 0.25) is 5.91 Å². The van der Waals surface area contributed by atoms with Crippen molar-refractivity contribution >= 4 is 21.8 Å². The van der Waals surface area contributed by atoms with Crippen LogP contribution in [0.15, 0.2) is 48.5 Å². The lowest BCUT2D eigenvalue weighted by Gasteiger charge is -2.34. The Labute approximate surface area is 171 Å². The quantitative estimate of drug-likeness (QED) is 0.743. The molecule has 0 atom stereocenters. The van der Waals surface area contributed by atoms with Gasteiger partial charge in [-0.2, -0.15) is 17.0 Å². The van der Waals surface area contributed by atoms with E-state index in [0.717, 1.165) is 5.56 Å². The van der Waals surface area contributed by atoms with Gasteiger partial charge in [-0.3, -0.25) is 4.79 Å². The van der Waals surface area contributed by atoms with Crippen LogP contribution in [0.3, 0.4) is 0 Å². The molecule has 0 aliphatic carbocycles.